The molecule has 0 rings (SSSR count). The molecular formula is C13H19O2Si. The molecular weight excluding hydrogens is 216 g/mol. The molecule has 0 aliphatic rings. The van der Waals surface area contributed by atoms with Gasteiger partial charge in [-0.3, -0.25) is 0 Å². The Labute approximate surface area is 99.0 Å². The average molecular weight is 235 g/mol. The van der Waals surface area contributed by atoms with Crippen molar-refractivity contribution in [3.05, 3.63) is 50.6 Å². The van der Waals surface area contributed by atoms with E-state index in [1.165, 1.54) is 6.47 Å². The molecule has 0 aliphatic carbocycles. The van der Waals surface area contributed by atoms with Gasteiger partial charge in [0.2, 0.25) is 0 Å². The Hall–Kier alpha value is -1.35. The van der Waals surface area contributed by atoms with Crippen LogP contribution in [-0.2, 0) is 9.53 Å². The third kappa shape index (κ3) is 3.66. The molecule has 1 atom stereocenters. The van der Waals surface area contributed by atoms with Gasteiger partial charge >= 0.3 is 6.47 Å². The fraction of sp³-hybridized carbons (Fsp3) is 0.308. The second kappa shape index (κ2) is 7.88. The van der Waals surface area contributed by atoms with Gasteiger partial charge in [0.1, 0.15) is 13.8 Å². The molecule has 0 bridgehead atoms. The van der Waals surface area contributed by atoms with Crippen molar-refractivity contribution in [1.29, 1.82) is 0 Å². The largest absolute Gasteiger partial charge is 0.454 e. The van der Waals surface area contributed by atoms with Gasteiger partial charge in [-0.25, -0.2) is 4.79 Å². The summed E-state index contributed by atoms with van der Waals surface area (Å²) in [6.07, 6.45) is 7.27. The maximum absolute atomic E-state index is 10.4. The zero-order chi connectivity index (χ0) is 12.4. The van der Waals surface area contributed by atoms with E-state index < -0.39 is 8.07 Å². The van der Waals surface area contributed by atoms with Gasteiger partial charge in [-0.1, -0.05) is 30.9 Å². The maximum Gasteiger partial charge on any atom is 0.417 e. The second-order valence-electron chi connectivity index (χ2n) is 3.70. The van der Waals surface area contributed by atoms with E-state index in [1.54, 1.807) is 6.08 Å². The van der Waals surface area contributed by atoms with Gasteiger partial charge in [0.05, 0.1) is 0 Å². The van der Waals surface area contributed by atoms with E-state index >= 15 is 0 Å². The van der Waals surface area contributed by atoms with Crippen LogP contribution in [0.3, 0.4) is 0 Å². The molecule has 0 aromatic rings. The summed E-state index contributed by atoms with van der Waals surface area (Å²) in [5.41, 5.74) is -0.265. The van der Waals surface area contributed by atoms with E-state index in [1.807, 2.05) is 18.2 Å². The quantitative estimate of drug-likeness (QED) is 0.429. The lowest BCUT2D eigenvalue weighted by Crippen LogP contribution is -2.46. The summed E-state index contributed by atoms with van der Waals surface area (Å²) < 4.78 is 5.01. The molecule has 0 aromatic heterocycles. The number of rotatable bonds is 10. The van der Waals surface area contributed by atoms with Crippen molar-refractivity contribution in [3.63, 3.8) is 0 Å². The van der Waals surface area contributed by atoms with Crippen molar-refractivity contribution in [2.75, 3.05) is 0 Å². The Morgan fingerprint density at radius 1 is 1.06 bits per heavy atom. The van der Waals surface area contributed by atoms with Gasteiger partial charge in [-0.15, -0.1) is 19.7 Å². The van der Waals surface area contributed by atoms with Gasteiger partial charge in [0, 0.05) is 0 Å². The van der Waals surface area contributed by atoms with Gasteiger partial charge in [0.15, 0.2) is 0 Å². The van der Waals surface area contributed by atoms with Crippen LogP contribution in [0.5, 0.6) is 0 Å². The van der Waals surface area contributed by atoms with Crippen LogP contribution in [0.25, 0.3) is 0 Å². The molecule has 0 aromatic carbocycles. The summed E-state index contributed by atoms with van der Waals surface area (Å²) in [5, 5.41) is 0. The van der Waals surface area contributed by atoms with Crippen LogP contribution in [0.1, 0.15) is 0 Å². The molecule has 3 heteroatoms. The molecule has 16 heavy (non-hydrogen) atoms. The Morgan fingerprint density at radius 3 is 1.75 bits per heavy atom. The molecule has 0 N–H and O–H groups in total. The number of carbonyl (C=O) groups excluding carboxylic acids is 1. The van der Waals surface area contributed by atoms with Crippen molar-refractivity contribution in [3.8, 4) is 0 Å². The highest BCUT2D eigenvalue weighted by Crippen LogP contribution is 2.28. The number of hydrogen-bond acceptors (Lipinski definition) is 2. The van der Waals surface area contributed by atoms with Crippen LogP contribution in [0, 0.1) is 0 Å². The minimum absolute atomic E-state index is 0.265. The molecule has 0 heterocycles. The first-order valence-electron chi connectivity index (χ1n) is 5.18. The smallest absolute Gasteiger partial charge is 0.417 e. The number of hydrogen-bond donors (Lipinski definition) is 0. The van der Waals surface area contributed by atoms with Crippen molar-refractivity contribution in [2.45, 2.75) is 23.9 Å². The third-order valence-corrected chi connectivity index (χ3v) is 7.51. The Morgan fingerprint density at radius 2 is 1.50 bits per heavy atom. The number of allylic oxidation sites excluding steroid dienone is 3. The van der Waals surface area contributed by atoms with E-state index in [0.717, 1.165) is 18.1 Å². The lowest BCUT2D eigenvalue weighted by atomic mass is 10.7. The minimum atomic E-state index is -1.90. The molecule has 1 unspecified atom stereocenters. The topological polar surface area (TPSA) is 26.3 Å². The maximum atomic E-state index is 10.4. The minimum Gasteiger partial charge on any atom is -0.454 e. The molecule has 0 saturated heterocycles. The lowest BCUT2D eigenvalue weighted by molar-refractivity contribution is 0.273. The Balaban J connectivity index is 5.13. The van der Waals surface area contributed by atoms with Crippen molar-refractivity contribution >= 4 is 14.5 Å². The Kier molecular flexibility index (Phi) is 7.21. The SMILES string of the molecule is C=CC[Si](CC=C)(CC=C)C(C=C)O[C]=O. The van der Waals surface area contributed by atoms with Gasteiger partial charge in [0.25, 0.3) is 0 Å². The summed E-state index contributed by atoms with van der Waals surface area (Å²) in [5.74, 6) is 0. The van der Waals surface area contributed by atoms with Crippen LogP contribution in [0.2, 0.25) is 18.1 Å². The van der Waals surface area contributed by atoms with Crippen LogP contribution < -0.4 is 0 Å². The average Bonchev–Trinajstić information content (AvgIpc) is 2.26. The zero-order valence-corrected chi connectivity index (χ0v) is 10.7. The van der Waals surface area contributed by atoms with Crippen LogP contribution in [0.4, 0.5) is 0 Å². The predicted octanol–water partition coefficient (Wildman–Crippen LogP) is 3.17. The first-order chi connectivity index (χ1) is 7.70. The molecule has 1 radical (unpaired) electrons. The van der Waals surface area contributed by atoms with Gasteiger partial charge < -0.3 is 4.74 Å². The Bertz CT molecular complexity index is 245. The highest BCUT2D eigenvalue weighted by molar-refractivity contribution is 6.82. The second-order valence-corrected chi connectivity index (χ2v) is 8.22. The summed E-state index contributed by atoms with van der Waals surface area (Å²) >= 11 is 0. The summed E-state index contributed by atoms with van der Waals surface area (Å²) in [6, 6.07) is 2.51. The summed E-state index contributed by atoms with van der Waals surface area (Å²) in [4.78, 5) is 10.4. The van der Waals surface area contributed by atoms with E-state index in [-0.39, 0.29) is 5.73 Å². The summed E-state index contributed by atoms with van der Waals surface area (Å²) in [7, 11) is -1.90. The third-order valence-electron chi connectivity index (χ3n) is 2.65. The van der Waals surface area contributed by atoms with E-state index in [2.05, 4.69) is 26.3 Å². The number of ether oxygens (including phenoxy) is 1. The lowest BCUT2D eigenvalue weighted by Gasteiger charge is -2.33. The van der Waals surface area contributed by atoms with Crippen LogP contribution in [0.15, 0.2) is 50.6 Å². The van der Waals surface area contributed by atoms with E-state index in [0.29, 0.717) is 0 Å². The standard InChI is InChI=1S/C13H19O2Si/c1-5-9-16(10-6-2,11-7-3)13(8-4)15-12-14/h5-8,13H,1-4,9-11H2. The van der Waals surface area contributed by atoms with Gasteiger partial charge in [-0.2, -0.15) is 0 Å². The highest BCUT2D eigenvalue weighted by atomic mass is 28.3. The van der Waals surface area contributed by atoms with Crippen molar-refractivity contribution in [2.24, 2.45) is 0 Å². The highest BCUT2D eigenvalue weighted by Gasteiger charge is 2.38. The first-order valence-corrected chi connectivity index (χ1v) is 7.88. The summed E-state index contributed by atoms with van der Waals surface area (Å²) in [6.45, 7) is 16.5. The van der Waals surface area contributed by atoms with Gasteiger partial charge in [-0.05, 0) is 18.1 Å². The van der Waals surface area contributed by atoms with Crippen molar-refractivity contribution < 1.29 is 9.53 Å². The molecule has 2 nitrogen and oxygen atoms in total. The monoisotopic (exact) mass is 235 g/mol. The molecule has 0 spiro atoms. The van der Waals surface area contributed by atoms with E-state index in [4.69, 9.17) is 4.74 Å². The van der Waals surface area contributed by atoms with Crippen molar-refractivity contribution in [1.82, 2.24) is 0 Å². The van der Waals surface area contributed by atoms with Crippen LogP contribution >= 0.6 is 0 Å². The van der Waals surface area contributed by atoms with Crippen LogP contribution in [-0.4, -0.2) is 20.3 Å². The molecule has 0 aliphatic heterocycles. The molecule has 0 saturated carbocycles. The molecule has 0 fully saturated rings. The zero-order valence-electron chi connectivity index (χ0n) is 9.65. The molecule has 87 valence electrons. The fourth-order valence-electron chi connectivity index (χ4n) is 1.94. The predicted molar refractivity (Wildman–Crippen MR) is 71.5 cm³/mol. The normalized spacial score (nSPS) is 12.2. The first kappa shape index (κ1) is 14.6. The molecule has 0 amide bonds. The fourth-order valence-corrected chi connectivity index (χ4v) is 5.66. The van der Waals surface area contributed by atoms with E-state index in [9.17, 15) is 4.79 Å².